The van der Waals surface area contributed by atoms with Crippen LogP contribution in [0.1, 0.15) is 22.8 Å². The molecule has 0 saturated carbocycles. The van der Waals surface area contributed by atoms with Crippen molar-refractivity contribution in [3.05, 3.63) is 59.2 Å². The first-order chi connectivity index (χ1) is 10.5. The number of rotatable bonds is 4. The van der Waals surface area contributed by atoms with E-state index in [1.807, 2.05) is 32.0 Å². The molecular weight excluding hydrogens is 280 g/mol. The summed E-state index contributed by atoms with van der Waals surface area (Å²) in [6, 6.07) is 11.5. The first-order valence-electron chi connectivity index (χ1n) is 7.05. The summed E-state index contributed by atoms with van der Waals surface area (Å²) >= 11 is 0. The van der Waals surface area contributed by atoms with E-state index in [4.69, 9.17) is 0 Å². The van der Waals surface area contributed by atoms with E-state index in [9.17, 15) is 15.0 Å². The zero-order valence-corrected chi connectivity index (χ0v) is 12.6. The standard InChI is InChI=1S/C17H20N2O3/c1-11-4-3-5-15(12(11)2)19-17(22)18-10-16(21)13-6-8-14(20)9-7-13/h3-9,16,20-21H,10H2,1-2H3,(H2,18,19,22). The maximum atomic E-state index is 11.9. The zero-order valence-electron chi connectivity index (χ0n) is 12.6. The topological polar surface area (TPSA) is 81.6 Å². The van der Waals surface area contributed by atoms with E-state index in [1.54, 1.807) is 12.1 Å². The van der Waals surface area contributed by atoms with Gasteiger partial charge in [-0.25, -0.2) is 4.79 Å². The molecule has 0 fully saturated rings. The Morgan fingerprint density at radius 2 is 1.82 bits per heavy atom. The van der Waals surface area contributed by atoms with Crippen molar-refractivity contribution in [1.29, 1.82) is 0 Å². The number of amides is 2. The summed E-state index contributed by atoms with van der Waals surface area (Å²) in [5.41, 5.74) is 3.49. The Bertz CT molecular complexity index is 653. The Morgan fingerprint density at radius 3 is 2.50 bits per heavy atom. The highest BCUT2D eigenvalue weighted by Gasteiger charge is 2.10. The molecule has 0 spiro atoms. The van der Waals surface area contributed by atoms with E-state index in [1.165, 1.54) is 12.1 Å². The van der Waals surface area contributed by atoms with Crippen LogP contribution in [0.4, 0.5) is 10.5 Å². The number of phenols is 1. The van der Waals surface area contributed by atoms with Gasteiger partial charge in [0.25, 0.3) is 0 Å². The first-order valence-corrected chi connectivity index (χ1v) is 7.05. The Morgan fingerprint density at radius 1 is 1.14 bits per heavy atom. The molecule has 0 bridgehead atoms. The summed E-state index contributed by atoms with van der Waals surface area (Å²) in [7, 11) is 0. The number of hydrogen-bond donors (Lipinski definition) is 4. The molecule has 0 aliphatic rings. The van der Waals surface area contributed by atoms with E-state index in [0.29, 0.717) is 5.56 Å². The number of anilines is 1. The van der Waals surface area contributed by atoms with Gasteiger partial charge in [0.15, 0.2) is 0 Å². The molecule has 5 nitrogen and oxygen atoms in total. The summed E-state index contributed by atoms with van der Waals surface area (Å²) in [6.45, 7) is 4.00. The van der Waals surface area contributed by atoms with Crippen LogP contribution in [-0.2, 0) is 0 Å². The third kappa shape index (κ3) is 3.99. The lowest BCUT2D eigenvalue weighted by Gasteiger charge is -2.14. The normalized spacial score (nSPS) is 11.8. The number of urea groups is 1. The monoisotopic (exact) mass is 300 g/mol. The van der Waals surface area contributed by atoms with Gasteiger partial charge in [-0.3, -0.25) is 0 Å². The van der Waals surface area contributed by atoms with Gasteiger partial charge in [-0.2, -0.15) is 0 Å². The number of hydrogen-bond acceptors (Lipinski definition) is 3. The number of phenolic OH excluding ortho intramolecular Hbond substituents is 1. The predicted octanol–water partition coefficient (Wildman–Crippen LogP) is 2.86. The summed E-state index contributed by atoms with van der Waals surface area (Å²) in [6.07, 6.45) is -0.829. The molecule has 0 aliphatic carbocycles. The highest BCUT2D eigenvalue weighted by molar-refractivity contribution is 5.90. The van der Waals surface area contributed by atoms with Crippen molar-refractivity contribution in [3.8, 4) is 5.75 Å². The van der Waals surface area contributed by atoms with Crippen LogP contribution in [0.25, 0.3) is 0 Å². The molecule has 22 heavy (non-hydrogen) atoms. The van der Waals surface area contributed by atoms with Crippen LogP contribution in [-0.4, -0.2) is 22.8 Å². The van der Waals surface area contributed by atoms with Gasteiger partial charge in [0.05, 0.1) is 6.10 Å². The number of aliphatic hydroxyl groups is 1. The fraction of sp³-hybridized carbons (Fsp3) is 0.235. The van der Waals surface area contributed by atoms with Crippen molar-refractivity contribution in [2.24, 2.45) is 0 Å². The Labute approximate surface area is 129 Å². The van der Waals surface area contributed by atoms with Crippen molar-refractivity contribution >= 4 is 11.7 Å². The average Bonchev–Trinajstić information content (AvgIpc) is 2.50. The van der Waals surface area contributed by atoms with Crippen LogP contribution in [0.2, 0.25) is 0 Å². The van der Waals surface area contributed by atoms with Gasteiger partial charge >= 0.3 is 6.03 Å². The largest absolute Gasteiger partial charge is 0.508 e. The molecule has 1 atom stereocenters. The molecule has 0 aliphatic heterocycles. The fourth-order valence-corrected chi connectivity index (χ4v) is 2.06. The quantitative estimate of drug-likeness (QED) is 0.701. The van der Waals surface area contributed by atoms with Gasteiger partial charge in [0.2, 0.25) is 0 Å². The smallest absolute Gasteiger partial charge is 0.319 e. The number of nitrogens with one attached hydrogen (secondary N) is 2. The lowest BCUT2D eigenvalue weighted by Crippen LogP contribution is -2.32. The minimum atomic E-state index is -0.829. The Hall–Kier alpha value is -2.53. The number of aryl methyl sites for hydroxylation is 1. The van der Waals surface area contributed by atoms with Crippen LogP contribution >= 0.6 is 0 Å². The maximum Gasteiger partial charge on any atom is 0.319 e. The fourth-order valence-electron chi connectivity index (χ4n) is 2.06. The summed E-state index contributed by atoms with van der Waals surface area (Å²) in [5, 5.41) is 24.6. The number of aromatic hydroxyl groups is 1. The summed E-state index contributed by atoms with van der Waals surface area (Å²) in [4.78, 5) is 11.9. The lowest BCUT2D eigenvalue weighted by molar-refractivity contribution is 0.175. The first kappa shape index (κ1) is 15.9. The SMILES string of the molecule is Cc1cccc(NC(=O)NCC(O)c2ccc(O)cc2)c1C. The number of carbonyl (C=O) groups is 1. The minimum Gasteiger partial charge on any atom is -0.508 e. The number of aliphatic hydroxyl groups excluding tert-OH is 1. The van der Waals surface area contributed by atoms with Crippen LogP contribution in [0.15, 0.2) is 42.5 Å². The molecule has 2 amide bonds. The number of carbonyl (C=O) groups excluding carboxylic acids is 1. The van der Waals surface area contributed by atoms with E-state index in [-0.39, 0.29) is 18.3 Å². The third-order valence-electron chi connectivity index (χ3n) is 3.59. The van der Waals surface area contributed by atoms with Crippen molar-refractivity contribution < 1.29 is 15.0 Å². The Kier molecular flexibility index (Phi) is 5.01. The Balaban J connectivity index is 1.90. The molecule has 116 valence electrons. The highest BCUT2D eigenvalue weighted by atomic mass is 16.3. The average molecular weight is 300 g/mol. The molecule has 2 aromatic carbocycles. The molecular formula is C17H20N2O3. The van der Waals surface area contributed by atoms with Gasteiger partial charge in [-0.05, 0) is 48.7 Å². The molecule has 0 aromatic heterocycles. The molecule has 4 N–H and O–H groups in total. The maximum absolute atomic E-state index is 11.9. The van der Waals surface area contributed by atoms with Crippen LogP contribution in [0, 0.1) is 13.8 Å². The van der Waals surface area contributed by atoms with Crippen molar-refractivity contribution in [2.75, 3.05) is 11.9 Å². The van der Waals surface area contributed by atoms with E-state index in [0.717, 1.165) is 16.8 Å². The number of benzene rings is 2. The second-order valence-corrected chi connectivity index (χ2v) is 5.19. The van der Waals surface area contributed by atoms with Gasteiger partial charge in [-0.1, -0.05) is 24.3 Å². The summed E-state index contributed by atoms with van der Waals surface area (Å²) < 4.78 is 0. The molecule has 5 heteroatoms. The van der Waals surface area contributed by atoms with Crippen LogP contribution in [0.5, 0.6) is 5.75 Å². The van der Waals surface area contributed by atoms with E-state index < -0.39 is 6.10 Å². The van der Waals surface area contributed by atoms with Gasteiger partial charge in [0.1, 0.15) is 5.75 Å². The molecule has 0 radical (unpaired) electrons. The summed E-state index contributed by atoms with van der Waals surface area (Å²) in [5.74, 6) is 0.136. The van der Waals surface area contributed by atoms with E-state index in [2.05, 4.69) is 10.6 Å². The molecule has 1 unspecified atom stereocenters. The highest BCUT2D eigenvalue weighted by Crippen LogP contribution is 2.18. The van der Waals surface area contributed by atoms with Crippen molar-refractivity contribution in [1.82, 2.24) is 5.32 Å². The van der Waals surface area contributed by atoms with Gasteiger partial charge < -0.3 is 20.8 Å². The molecule has 0 heterocycles. The molecule has 0 saturated heterocycles. The minimum absolute atomic E-state index is 0.0848. The van der Waals surface area contributed by atoms with E-state index >= 15 is 0 Å². The predicted molar refractivity (Wildman–Crippen MR) is 86.0 cm³/mol. The van der Waals surface area contributed by atoms with Gasteiger partial charge in [-0.15, -0.1) is 0 Å². The second-order valence-electron chi connectivity index (χ2n) is 5.19. The van der Waals surface area contributed by atoms with Gasteiger partial charge in [0, 0.05) is 12.2 Å². The third-order valence-corrected chi connectivity index (χ3v) is 3.59. The second kappa shape index (κ2) is 6.95. The molecule has 2 aromatic rings. The molecule has 2 rings (SSSR count). The van der Waals surface area contributed by atoms with Crippen LogP contribution in [0.3, 0.4) is 0 Å². The van der Waals surface area contributed by atoms with Crippen molar-refractivity contribution in [2.45, 2.75) is 20.0 Å². The van der Waals surface area contributed by atoms with Crippen molar-refractivity contribution in [3.63, 3.8) is 0 Å². The lowest BCUT2D eigenvalue weighted by atomic mass is 10.1. The van der Waals surface area contributed by atoms with Crippen LogP contribution < -0.4 is 10.6 Å². The zero-order chi connectivity index (χ0) is 16.1.